The number of aromatic nitrogens is 1. The van der Waals surface area contributed by atoms with Crippen LogP contribution in [0.5, 0.6) is 0 Å². The van der Waals surface area contributed by atoms with Gasteiger partial charge in [0.05, 0.1) is 21.6 Å². The van der Waals surface area contributed by atoms with Crippen molar-refractivity contribution in [3.8, 4) is 0 Å². The standard InChI is InChI=1S/C28H19BrN4O6S2/c29-16-6-4-5-15(13-16)21-22-23(26(36)32(25(22)35)18-9-11-19(12-10-18)33(38)39)40-27-24(21)41-28(37)31(27)14-20(34)30-17-7-2-1-3-8-17/h1-13,21-23H,14H2,(H,30,34)/t21-,22?,23?/m1/s1. The quantitative estimate of drug-likeness (QED) is 0.176. The van der Waals surface area contributed by atoms with Gasteiger partial charge in [-0.25, -0.2) is 4.90 Å². The maximum atomic E-state index is 13.9. The maximum Gasteiger partial charge on any atom is 0.308 e. The second-order valence-corrected chi connectivity index (χ2v) is 12.5. The Morgan fingerprint density at radius 1 is 0.976 bits per heavy atom. The van der Waals surface area contributed by atoms with Crippen molar-refractivity contribution < 1.29 is 19.3 Å². The minimum absolute atomic E-state index is 0.161. The number of non-ortho nitro benzene ring substituents is 1. The summed E-state index contributed by atoms with van der Waals surface area (Å²) >= 11 is 5.55. The van der Waals surface area contributed by atoms with Gasteiger partial charge in [-0.1, -0.05) is 69.4 Å². The van der Waals surface area contributed by atoms with E-state index in [4.69, 9.17) is 0 Å². The molecule has 1 N–H and O–H groups in total. The fourth-order valence-corrected chi connectivity index (χ4v) is 8.35. The average molecular weight is 652 g/mol. The minimum atomic E-state index is -0.869. The molecule has 3 heterocycles. The monoisotopic (exact) mass is 650 g/mol. The van der Waals surface area contributed by atoms with E-state index >= 15 is 0 Å². The van der Waals surface area contributed by atoms with E-state index in [1.54, 1.807) is 24.3 Å². The number of rotatable bonds is 6. The summed E-state index contributed by atoms with van der Waals surface area (Å²) in [6, 6.07) is 21.5. The number of amides is 3. The van der Waals surface area contributed by atoms with Crippen LogP contribution >= 0.6 is 39.0 Å². The molecule has 0 saturated carbocycles. The minimum Gasteiger partial charge on any atom is -0.325 e. The lowest BCUT2D eigenvalue weighted by atomic mass is 9.83. The van der Waals surface area contributed by atoms with Gasteiger partial charge < -0.3 is 5.32 Å². The first kappa shape index (κ1) is 27.1. The summed E-state index contributed by atoms with van der Waals surface area (Å²) in [4.78, 5) is 65.7. The van der Waals surface area contributed by atoms with Gasteiger partial charge in [0.2, 0.25) is 17.7 Å². The number of para-hydroxylation sites is 1. The molecule has 2 aliphatic heterocycles. The fourth-order valence-electron chi connectivity index (χ4n) is 5.16. The molecule has 4 aromatic rings. The van der Waals surface area contributed by atoms with Gasteiger partial charge in [-0.05, 0) is 42.0 Å². The first-order valence-electron chi connectivity index (χ1n) is 12.4. The number of hydrogen-bond donors (Lipinski definition) is 1. The number of hydrogen-bond acceptors (Lipinski definition) is 8. The molecule has 1 fully saturated rings. The van der Waals surface area contributed by atoms with Gasteiger partial charge in [0.1, 0.15) is 11.8 Å². The lowest BCUT2D eigenvalue weighted by Crippen LogP contribution is -2.33. The Bertz CT molecular complexity index is 1770. The number of thiazole rings is 1. The van der Waals surface area contributed by atoms with Crippen LogP contribution in [-0.2, 0) is 20.9 Å². The van der Waals surface area contributed by atoms with Gasteiger partial charge in [-0.3, -0.25) is 33.9 Å². The number of anilines is 2. The third kappa shape index (κ3) is 4.89. The van der Waals surface area contributed by atoms with Gasteiger partial charge in [-0.2, -0.15) is 0 Å². The predicted octanol–water partition coefficient (Wildman–Crippen LogP) is 5.02. The molecular formula is C28H19BrN4O6S2. The predicted molar refractivity (Wildman–Crippen MR) is 158 cm³/mol. The molecule has 0 spiro atoms. The number of imide groups is 1. The normalized spacial score (nSPS) is 19.5. The zero-order valence-corrected chi connectivity index (χ0v) is 24.1. The van der Waals surface area contributed by atoms with E-state index in [0.717, 1.165) is 38.0 Å². The molecule has 0 bridgehead atoms. The van der Waals surface area contributed by atoms with Crippen molar-refractivity contribution in [1.82, 2.24) is 4.57 Å². The maximum absolute atomic E-state index is 13.9. The molecule has 0 aliphatic carbocycles. The van der Waals surface area contributed by atoms with E-state index in [2.05, 4.69) is 21.2 Å². The third-order valence-electron chi connectivity index (χ3n) is 6.94. The van der Waals surface area contributed by atoms with Crippen LogP contribution in [-0.4, -0.2) is 32.5 Å². The van der Waals surface area contributed by atoms with Crippen LogP contribution in [0.15, 0.2) is 93.2 Å². The number of thioether (sulfide) groups is 1. The van der Waals surface area contributed by atoms with Crippen LogP contribution in [0.3, 0.4) is 0 Å². The number of halogens is 1. The largest absolute Gasteiger partial charge is 0.325 e. The number of nitrogens with zero attached hydrogens (tertiary/aromatic N) is 3. The number of fused-ring (bicyclic) bond motifs is 2. The highest BCUT2D eigenvalue weighted by Gasteiger charge is 2.56. The number of carbonyl (C=O) groups excluding carboxylic acids is 3. The van der Waals surface area contributed by atoms with E-state index in [9.17, 15) is 29.3 Å². The summed E-state index contributed by atoms with van der Waals surface area (Å²) in [7, 11) is 0. The van der Waals surface area contributed by atoms with Gasteiger partial charge in [0, 0.05) is 33.1 Å². The van der Waals surface area contributed by atoms with E-state index in [-0.39, 0.29) is 22.8 Å². The molecule has 6 rings (SSSR count). The SMILES string of the molecule is O=C(Cn1c2c(sc1=O)[C@H](c1cccc(Br)c1)C1C(=O)N(c3ccc([N+](=O)[O-])cc3)C(=O)C1S2)Nc1ccccc1. The highest BCUT2D eigenvalue weighted by Crippen LogP contribution is 2.54. The molecular weight excluding hydrogens is 632 g/mol. The number of nitro groups is 1. The van der Waals surface area contributed by atoms with E-state index in [1.165, 1.54) is 28.8 Å². The molecule has 1 aromatic heterocycles. The summed E-state index contributed by atoms with van der Waals surface area (Å²) in [6.45, 7) is -0.261. The second-order valence-electron chi connectivity index (χ2n) is 9.42. The van der Waals surface area contributed by atoms with Crippen molar-refractivity contribution in [3.63, 3.8) is 0 Å². The fraction of sp³-hybridized carbons (Fsp3) is 0.143. The Labute approximate surface area is 249 Å². The lowest BCUT2D eigenvalue weighted by molar-refractivity contribution is -0.384. The van der Waals surface area contributed by atoms with Crippen LogP contribution in [0.2, 0.25) is 0 Å². The van der Waals surface area contributed by atoms with Crippen molar-refractivity contribution in [2.45, 2.75) is 22.7 Å². The Hall–Kier alpha value is -4.07. The molecule has 2 aliphatic rings. The third-order valence-corrected chi connectivity index (χ3v) is 10.0. The molecule has 0 radical (unpaired) electrons. The molecule has 13 heteroatoms. The van der Waals surface area contributed by atoms with Crippen molar-refractivity contribution in [2.75, 3.05) is 10.2 Å². The topological polar surface area (TPSA) is 132 Å². The molecule has 3 atom stereocenters. The summed E-state index contributed by atoms with van der Waals surface area (Å²) in [5, 5.41) is 13.5. The highest BCUT2D eigenvalue weighted by atomic mass is 79.9. The van der Waals surface area contributed by atoms with Gasteiger partial charge in [-0.15, -0.1) is 0 Å². The van der Waals surface area contributed by atoms with E-state index < -0.39 is 39.7 Å². The van der Waals surface area contributed by atoms with Crippen LogP contribution in [0.4, 0.5) is 17.1 Å². The number of nitro benzene ring substituents is 1. The summed E-state index contributed by atoms with van der Waals surface area (Å²) in [6.07, 6.45) is 0. The number of nitrogens with one attached hydrogen (secondary N) is 1. The van der Waals surface area contributed by atoms with Crippen LogP contribution in [0.25, 0.3) is 0 Å². The van der Waals surface area contributed by atoms with Crippen LogP contribution < -0.4 is 15.1 Å². The zero-order valence-electron chi connectivity index (χ0n) is 20.9. The zero-order chi connectivity index (χ0) is 28.8. The Morgan fingerprint density at radius 3 is 2.39 bits per heavy atom. The van der Waals surface area contributed by atoms with Crippen LogP contribution in [0, 0.1) is 16.0 Å². The average Bonchev–Trinajstić information content (AvgIpc) is 3.39. The van der Waals surface area contributed by atoms with Gasteiger partial charge in [0.25, 0.3) is 5.69 Å². The van der Waals surface area contributed by atoms with Crippen molar-refractivity contribution in [1.29, 1.82) is 0 Å². The summed E-state index contributed by atoms with van der Waals surface area (Å²) in [5.41, 5.74) is 1.40. The Balaban J connectivity index is 1.41. The van der Waals surface area contributed by atoms with Crippen molar-refractivity contribution in [3.05, 3.63) is 114 Å². The van der Waals surface area contributed by atoms with Crippen molar-refractivity contribution >= 4 is 73.8 Å². The molecule has 3 aromatic carbocycles. The Kier molecular flexibility index (Phi) is 7.09. The van der Waals surface area contributed by atoms with E-state index in [0.29, 0.717) is 15.6 Å². The Morgan fingerprint density at radius 2 is 1.71 bits per heavy atom. The molecule has 3 amide bonds. The first-order valence-corrected chi connectivity index (χ1v) is 14.8. The first-order chi connectivity index (χ1) is 19.7. The molecule has 206 valence electrons. The summed E-state index contributed by atoms with van der Waals surface area (Å²) in [5.74, 6) is -2.78. The van der Waals surface area contributed by atoms with Crippen LogP contribution in [0.1, 0.15) is 16.4 Å². The highest BCUT2D eigenvalue weighted by molar-refractivity contribution is 9.10. The van der Waals surface area contributed by atoms with E-state index in [1.807, 2.05) is 30.3 Å². The summed E-state index contributed by atoms with van der Waals surface area (Å²) < 4.78 is 2.13. The second kappa shape index (κ2) is 10.7. The molecule has 41 heavy (non-hydrogen) atoms. The van der Waals surface area contributed by atoms with Gasteiger partial charge in [0.15, 0.2) is 0 Å². The lowest BCUT2D eigenvalue weighted by Gasteiger charge is -2.30. The molecule has 10 nitrogen and oxygen atoms in total. The smallest absolute Gasteiger partial charge is 0.308 e. The molecule has 1 saturated heterocycles. The number of benzene rings is 3. The van der Waals surface area contributed by atoms with Gasteiger partial charge >= 0.3 is 4.87 Å². The molecule has 2 unspecified atom stereocenters. The van der Waals surface area contributed by atoms with Crippen molar-refractivity contribution in [2.24, 2.45) is 5.92 Å². The number of carbonyl (C=O) groups is 3.